The summed E-state index contributed by atoms with van der Waals surface area (Å²) in [5, 5.41) is 9.08. The van der Waals surface area contributed by atoms with Gasteiger partial charge < -0.3 is 4.90 Å². The molecule has 0 aliphatic heterocycles. The molecular formula is C14H11BrN2OS. The molecule has 1 heterocycles. The Morgan fingerprint density at radius 2 is 2.11 bits per heavy atom. The van der Waals surface area contributed by atoms with E-state index in [1.165, 1.54) is 16.2 Å². The average molecular weight is 335 g/mol. The summed E-state index contributed by atoms with van der Waals surface area (Å²) < 4.78 is 0.956. The summed E-state index contributed by atoms with van der Waals surface area (Å²) >= 11 is 4.81. The highest BCUT2D eigenvalue weighted by molar-refractivity contribution is 9.11. The number of thiophene rings is 1. The van der Waals surface area contributed by atoms with E-state index in [1.54, 1.807) is 25.2 Å². The van der Waals surface area contributed by atoms with E-state index in [4.69, 9.17) is 5.26 Å². The maximum Gasteiger partial charge on any atom is 0.268 e. The molecule has 0 aliphatic rings. The van der Waals surface area contributed by atoms with Crippen LogP contribution < -0.4 is 4.90 Å². The minimum absolute atomic E-state index is 0.110. The van der Waals surface area contributed by atoms with E-state index in [1.807, 2.05) is 19.1 Å². The molecule has 2 rings (SSSR count). The molecule has 0 bridgehead atoms. The zero-order chi connectivity index (χ0) is 14.0. The van der Waals surface area contributed by atoms with E-state index in [-0.39, 0.29) is 5.91 Å². The van der Waals surface area contributed by atoms with Crippen molar-refractivity contribution in [2.45, 2.75) is 6.92 Å². The van der Waals surface area contributed by atoms with Gasteiger partial charge in [0.15, 0.2) is 0 Å². The SMILES string of the molecule is Cc1cc(C(=O)N(C)c2ccccc2C#N)sc1Br. The molecule has 1 aromatic heterocycles. The molecule has 1 aromatic carbocycles. The Balaban J connectivity index is 2.36. The van der Waals surface area contributed by atoms with Crippen LogP contribution in [-0.2, 0) is 0 Å². The summed E-state index contributed by atoms with van der Waals surface area (Å²) in [5.41, 5.74) is 2.15. The van der Waals surface area contributed by atoms with Gasteiger partial charge in [-0.1, -0.05) is 12.1 Å². The Morgan fingerprint density at radius 3 is 2.68 bits per heavy atom. The van der Waals surface area contributed by atoms with Crippen LogP contribution in [0.1, 0.15) is 20.8 Å². The summed E-state index contributed by atoms with van der Waals surface area (Å²) in [6.45, 7) is 1.95. The molecule has 0 saturated heterocycles. The van der Waals surface area contributed by atoms with Gasteiger partial charge in [0.05, 0.1) is 19.9 Å². The number of rotatable bonds is 2. The summed E-state index contributed by atoms with van der Waals surface area (Å²) in [6.07, 6.45) is 0. The van der Waals surface area contributed by atoms with Crippen molar-refractivity contribution in [2.75, 3.05) is 11.9 Å². The highest BCUT2D eigenvalue weighted by Gasteiger charge is 2.18. The summed E-state index contributed by atoms with van der Waals surface area (Å²) in [4.78, 5) is 14.5. The standard InChI is InChI=1S/C14H11BrN2OS/c1-9-7-12(19-13(9)15)14(18)17(2)11-6-4-3-5-10(11)8-16/h3-7H,1-2H3. The lowest BCUT2D eigenvalue weighted by Crippen LogP contribution is -2.26. The van der Waals surface area contributed by atoms with E-state index < -0.39 is 0 Å². The van der Waals surface area contributed by atoms with E-state index in [2.05, 4.69) is 22.0 Å². The molecule has 5 heteroatoms. The lowest BCUT2D eigenvalue weighted by Gasteiger charge is -2.17. The molecule has 1 amide bonds. The molecule has 0 saturated carbocycles. The Bertz CT molecular complexity index is 653. The first-order valence-corrected chi connectivity index (χ1v) is 7.18. The van der Waals surface area contributed by atoms with Crippen LogP contribution in [0, 0.1) is 18.3 Å². The highest BCUT2D eigenvalue weighted by atomic mass is 79.9. The first kappa shape index (κ1) is 13.8. The number of hydrogen-bond donors (Lipinski definition) is 0. The van der Waals surface area contributed by atoms with E-state index in [0.29, 0.717) is 16.1 Å². The van der Waals surface area contributed by atoms with Gasteiger partial charge in [0, 0.05) is 7.05 Å². The van der Waals surface area contributed by atoms with Gasteiger partial charge in [-0.25, -0.2) is 0 Å². The predicted octanol–water partition coefficient (Wildman–Crippen LogP) is 3.97. The molecule has 0 radical (unpaired) electrons. The van der Waals surface area contributed by atoms with Crippen LogP contribution in [0.4, 0.5) is 5.69 Å². The van der Waals surface area contributed by atoms with Crippen molar-refractivity contribution in [1.82, 2.24) is 0 Å². The smallest absolute Gasteiger partial charge is 0.268 e. The predicted molar refractivity (Wildman–Crippen MR) is 80.6 cm³/mol. The molecule has 2 aromatic rings. The van der Waals surface area contributed by atoms with Crippen molar-refractivity contribution in [2.24, 2.45) is 0 Å². The number of carbonyl (C=O) groups is 1. The zero-order valence-electron chi connectivity index (χ0n) is 10.5. The van der Waals surface area contributed by atoms with Gasteiger partial charge in [-0.15, -0.1) is 11.3 Å². The van der Waals surface area contributed by atoms with Crippen molar-refractivity contribution in [3.8, 4) is 6.07 Å². The summed E-state index contributed by atoms with van der Waals surface area (Å²) in [6, 6.07) is 11.0. The number of aryl methyl sites for hydroxylation is 1. The van der Waals surface area contributed by atoms with Crippen LogP contribution in [0.5, 0.6) is 0 Å². The van der Waals surface area contributed by atoms with Crippen LogP contribution in [0.25, 0.3) is 0 Å². The number of anilines is 1. The van der Waals surface area contributed by atoms with Crippen molar-refractivity contribution < 1.29 is 4.79 Å². The van der Waals surface area contributed by atoms with Gasteiger partial charge in [0.2, 0.25) is 0 Å². The quantitative estimate of drug-likeness (QED) is 0.834. The van der Waals surface area contributed by atoms with E-state index in [9.17, 15) is 4.79 Å². The number of carbonyl (C=O) groups excluding carboxylic acids is 1. The van der Waals surface area contributed by atoms with Gasteiger partial charge >= 0.3 is 0 Å². The fourth-order valence-electron chi connectivity index (χ4n) is 1.70. The normalized spacial score (nSPS) is 10.0. The maximum atomic E-state index is 12.4. The lowest BCUT2D eigenvalue weighted by molar-refractivity contribution is 0.0997. The van der Waals surface area contributed by atoms with Crippen molar-refractivity contribution in [3.05, 3.63) is 50.1 Å². The molecule has 0 atom stereocenters. The number of halogens is 1. The van der Waals surface area contributed by atoms with Crippen LogP contribution in [0.15, 0.2) is 34.1 Å². The fourth-order valence-corrected chi connectivity index (χ4v) is 3.21. The first-order valence-electron chi connectivity index (χ1n) is 5.57. The number of hydrogen-bond acceptors (Lipinski definition) is 3. The average Bonchev–Trinajstić information content (AvgIpc) is 2.77. The number of nitriles is 1. The molecular weight excluding hydrogens is 324 g/mol. The third kappa shape index (κ3) is 2.70. The van der Waals surface area contributed by atoms with Crippen LogP contribution in [0.3, 0.4) is 0 Å². The van der Waals surface area contributed by atoms with Crippen molar-refractivity contribution >= 4 is 38.9 Å². The second kappa shape index (κ2) is 5.55. The second-order valence-electron chi connectivity index (χ2n) is 4.06. The number of benzene rings is 1. The van der Waals surface area contributed by atoms with Crippen LogP contribution in [0.2, 0.25) is 0 Å². The Morgan fingerprint density at radius 1 is 1.42 bits per heavy atom. The van der Waals surface area contributed by atoms with Gasteiger partial charge in [-0.05, 0) is 46.6 Å². The third-order valence-electron chi connectivity index (χ3n) is 2.76. The van der Waals surface area contributed by atoms with Crippen molar-refractivity contribution in [3.63, 3.8) is 0 Å². The number of amides is 1. The minimum atomic E-state index is -0.110. The molecule has 0 unspecified atom stereocenters. The Hall–Kier alpha value is -1.64. The molecule has 3 nitrogen and oxygen atoms in total. The lowest BCUT2D eigenvalue weighted by atomic mass is 10.2. The van der Waals surface area contributed by atoms with Crippen molar-refractivity contribution in [1.29, 1.82) is 5.26 Å². The summed E-state index contributed by atoms with van der Waals surface area (Å²) in [7, 11) is 1.68. The zero-order valence-corrected chi connectivity index (χ0v) is 12.9. The van der Waals surface area contributed by atoms with Gasteiger partial charge in [-0.2, -0.15) is 5.26 Å². The topological polar surface area (TPSA) is 44.1 Å². The molecule has 19 heavy (non-hydrogen) atoms. The molecule has 0 spiro atoms. The van der Waals surface area contributed by atoms with Crippen LogP contribution >= 0.6 is 27.3 Å². The Kier molecular flexibility index (Phi) is 4.03. The Labute approximate surface area is 124 Å². The number of nitrogens with zero attached hydrogens (tertiary/aromatic N) is 2. The maximum absolute atomic E-state index is 12.4. The van der Waals surface area contributed by atoms with E-state index in [0.717, 1.165) is 9.35 Å². The number of para-hydroxylation sites is 1. The third-order valence-corrected chi connectivity index (χ3v) is 4.88. The molecule has 0 aliphatic carbocycles. The van der Waals surface area contributed by atoms with Gasteiger partial charge in [0.25, 0.3) is 5.91 Å². The largest absolute Gasteiger partial charge is 0.309 e. The molecule has 96 valence electrons. The monoisotopic (exact) mass is 334 g/mol. The molecule has 0 N–H and O–H groups in total. The fraction of sp³-hybridized carbons (Fsp3) is 0.143. The summed E-state index contributed by atoms with van der Waals surface area (Å²) in [5.74, 6) is -0.110. The van der Waals surface area contributed by atoms with Gasteiger partial charge in [-0.3, -0.25) is 4.79 Å². The van der Waals surface area contributed by atoms with Gasteiger partial charge in [0.1, 0.15) is 6.07 Å². The minimum Gasteiger partial charge on any atom is -0.309 e. The van der Waals surface area contributed by atoms with Crippen LogP contribution in [-0.4, -0.2) is 13.0 Å². The molecule has 0 fully saturated rings. The first-order chi connectivity index (χ1) is 9.04. The van der Waals surface area contributed by atoms with E-state index >= 15 is 0 Å². The second-order valence-corrected chi connectivity index (χ2v) is 6.43. The highest BCUT2D eigenvalue weighted by Crippen LogP contribution is 2.29.